The number of dihydropyridines is 1. The van der Waals surface area contributed by atoms with Crippen LogP contribution in [0.15, 0.2) is 47.1 Å². The lowest BCUT2D eigenvalue weighted by Gasteiger charge is -2.24. The van der Waals surface area contributed by atoms with E-state index in [1.54, 1.807) is 0 Å². The van der Waals surface area contributed by atoms with Gasteiger partial charge in [-0.05, 0) is 5.56 Å². The van der Waals surface area contributed by atoms with Gasteiger partial charge in [0.2, 0.25) is 0 Å². The molecular formula is C16H20NOS. The zero-order valence-corrected chi connectivity index (χ0v) is 12.5. The maximum absolute atomic E-state index is 5.93. The van der Waals surface area contributed by atoms with Crippen LogP contribution in [0, 0.1) is 6.20 Å². The molecule has 2 rings (SSSR count). The molecule has 1 heterocycles. The Kier molecular flexibility index (Phi) is 4.59. The molecule has 0 spiro atoms. The number of benzene rings is 1. The third-order valence-corrected chi connectivity index (χ3v) is 3.70. The molecule has 1 aliphatic rings. The average Bonchev–Trinajstić information content (AvgIpc) is 2.37. The van der Waals surface area contributed by atoms with Crippen LogP contribution in [0.3, 0.4) is 0 Å². The van der Waals surface area contributed by atoms with Gasteiger partial charge in [0.1, 0.15) is 12.4 Å². The Morgan fingerprint density at radius 1 is 1.26 bits per heavy atom. The van der Waals surface area contributed by atoms with E-state index in [-0.39, 0.29) is 4.75 Å². The lowest BCUT2D eigenvalue weighted by atomic mass is 10.2. The van der Waals surface area contributed by atoms with Gasteiger partial charge in [-0.25, -0.2) is 0 Å². The first-order chi connectivity index (χ1) is 9.04. The van der Waals surface area contributed by atoms with Gasteiger partial charge in [-0.1, -0.05) is 51.1 Å². The predicted molar refractivity (Wildman–Crippen MR) is 81.4 cm³/mol. The van der Waals surface area contributed by atoms with E-state index in [4.69, 9.17) is 4.74 Å². The zero-order valence-electron chi connectivity index (χ0n) is 11.7. The molecule has 19 heavy (non-hydrogen) atoms. The van der Waals surface area contributed by atoms with Crippen molar-refractivity contribution in [1.29, 1.82) is 0 Å². The number of thioether (sulfide) groups is 1. The molecule has 1 radical (unpaired) electrons. The van der Waals surface area contributed by atoms with Crippen molar-refractivity contribution in [3.8, 4) is 0 Å². The maximum Gasteiger partial charge on any atom is 0.133 e. The average molecular weight is 274 g/mol. The van der Waals surface area contributed by atoms with Gasteiger partial charge in [-0.15, -0.1) is 11.8 Å². The molecule has 1 aromatic carbocycles. The Balaban J connectivity index is 2.04. The summed E-state index contributed by atoms with van der Waals surface area (Å²) >= 11 is 1.84. The number of hydrogen-bond donors (Lipinski definition) is 1. The number of rotatable bonds is 4. The van der Waals surface area contributed by atoms with Gasteiger partial charge in [0, 0.05) is 22.3 Å². The third-order valence-electron chi connectivity index (χ3n) is 2.50. The molecule has 1 aliphatic heterocycles. The van der Waals surface area contributed by atoms with Crippen molar-refractivity contribution in [2.24, 2.45) is 0 Å². The molecule has 1 N–H and O–H groups in total. The number of ether oxygens (including phenoxy) is 1. The molecule has 0 unspecified atom stereocenters. The smallest absolute Gasteiger partial charge is 0.133 e. The van der Waals surface area contributed by atoms with E-state index < -0.39 is 0 Å². The lowest BCUT2D eigenvalue weighted by molar-refractivity contribution is 0.208. The third kappa shape index (κ3) is 4.67. The molecule has 101 valence electrons. The summed E-state index contributed by atoms with van der Waals surface area (Å²) in [5, 5.41) is 3.12. The first-order valence-electron chi connectivity index (χ1n) is 6.45. The lowest BCUT2D eigenvalue weighted by Crippen LogP contribution is -2.19. The van der Waals surface area contributed by atoms with Crippen LogP contribution in [0.25, 0.3) is 0 Å². The van der Waals surface area contributed by atoms with Crippen molar-refractivity contribution >= 4 is 11.8 Å². The van der Waals surface area contributed by atoms with Crippen molar-refractivity contribution in [1.82, 2.24) is 5.32 Å². The highest BCUT2D eigenvalue weighted by Gasteiger charge is 2.19. The van der Waals surface area contributed by atoms with Gasteiger partial charge < -0.3 is 10.1 Å². The molecule has 0 saturated carbocycles. The topological polar surface area (TPSA) is 21.3 Å². The fraction of sp³-hybridized carbons (Fsp3) is 0.375. The minimum Gasteiger partial charge on any atom is -0.488 e. The number of nitrogens with one attached hydrogen (secondary N) is 1. The summed E-state index contributed by atoms with van der Waals surface area (Å²) in [5.74, 6) is 0.933. The number of allylic oxidation sites excluding steroid dienone is 1. The minimum absolute atomic E-state index is 0.184. The first-order valence-corrected chi connectivity index (χ1v) is 7.27. The summed E-state index contributed by atoms with van der Waals surface area (Å²) in [6.45, 7) is 8.02. The Morgan fingerprint density at radius 3 is 2.68 bits per heavy atom. The molecule has 0 atom stereocenters. The van der Waals surface area contributed by atoms with Crippen molar-refractivity contribution in [3.05, 3.63) is 58.8 Å². The quantitative estimate of drug-likeness (QED) is 0.900. The van der Waals surface area contributed by atoms with Gasteiger partial charge in [-0.3, -0.25) is 0 Å². The predicted octanol–water partition coefficient (Wildman–Crippen LogP) is 3.87. The molecule has 3 heteroatoms. The molecule has 0 fully saturated rings. The van der Waals surface area contributed by atoms with E-state index in [2.05, 4.69) is 44.4 Å². The summed E-state index contributed by atoms with van der Waals surface area (Å²) in [4.78, 5) is 1.24. The Bertz CT molecular complexity index is 471. The van der Waals surface area contributed by atoms with Gasteiger partial charge >= 0.3 is 0 Å². The number of hydrogen-bond acceptors (Lipinski definition) is 3. The van der Waals surface area contributed by atoms with Crippen LogP contribution < -0.4 is 5.32 Å². The van der Waals surface area contributed by atoms with Crippen LogP contribution in [0.2, 0.25) is 0 Å². The fourth-order valence-electron chi connectivity index (χ4n) is 1.73. The highest BCUT2D eigenvalue weighted by Crippen LogP contribution is 2.34. The summed E-state index contributed by atoms with van der Waals surface area (Å²) < 4.78 is 6.11. The highest BCUT2D eigenvalue weighted by atomic mass is 32.2. The van der Waals surface area contributed by atoms with Crippen LogP contribution in [-0.4, -0.2) is 11.3 Å². The Hall–Kier alpha value is -1.35. The van der Waals surface area contributed by atoms with Crippen LogP contribution in [0.4, 0.5) is 0 Å². The van der Waals surface area contributed by atoms with Gasteiger partial charge in [0.25, 0.3) is 0 Å². The van der Waals surface area contributed by atoms with E-state index in [9.17, 15) is 0 Å². The van der Waals surface area contributed by atoms with Crippen molar-refractivity contribution in [2.75, 3.05) is 6.54 Å². The van der Waals surface area contributed by atoms with E-state index >= 15 is 0 Å². The summed E-state index contributed by atoms with van der Waals surface area (Å²) in [7, 11) is 0. The fourth-order valence-corrected chi connectivity index (χ4v) is 2.83. The maximum atomic E-state index is 5.93. The molecule has 0 bridgehead atoms. The summed E-state index contributed by atoms with van der Waals surface area (Å²) in [5.41, 5.74) is 1.18. The van der Waals surface area contributed by atoms with Crippen LogP contribution in [0.5, 0.6) is 0 Å². The second-order valence-electron chi connectivity index (χ2n) is 5.42. The molecule has 0 aromatic heterocycles. The Morgan fingerprint density at radius 2 is 2.00 bits per heavy atom. The summed E-state index contributed by atoms with van der Waals surface area (Å²) in [6, 6.07) is 10.2. The second-order valence-corrected chi connectivity index (χ2v) is 7.34. The molecule has 2 nitrogen and oxygen atoms in total. The van der Waals surface area contributed by atoms with Crippen LogP contribution in [0.1, 0.15) is 26.3 Å². The molecular weight excluding hydrogens is 254 g/mol. The second kappa shape index (κ2) is 6.20. The van der Waals surface area contributed by atoms with E-state index in [1.807, 2.05) is 36.0 Å². The zero-order chi connectivity index (χ0) is 13.7. The Labute approximate surface area is 119 Å². The van der Waals surface area contributed by atoms with E-state index in [1.165, 1.54) is 10.5 Å². The molecule has 0 amide bonds. The van der Waals surface area contributed by atoms with Gasteiger partial charge in [0.05, 0.1) is 6.20 Å². The van der Waals surface area contributed by atoms with Crippen molar-refractivity contribution < 1.29 is 4.74 Å². The van der Waals surface area contributed by atoms with Crippen LogP contribution >= 0.6 is 11.8 Å². The normalized spacial score (nSPS) is 15.3. The summed E-state index contributed by atoms with van der Waals surface area (Å²) in [6.07, 6.45) is 4.91. The van der Waals surface area contributed by atoms with Crippen LogP contribution in [-0.2, 0) is 11.3 Å². The minimum atomic E-state index is 0.184. The monoisotopic (exact) mass is 274 g/mol. The first kappa shape index (κ1) is 14.1. The largest absolute Gasteiger partial charge is 0.488 e. The van der Waals surface area contributed by atoms with Gasteiger partial charge in [0.15, 0.2) is 0 Å². The molecule has 0 aliphatic carbocycles. The van der Waals surface area contributed by atoms with E-state index in [0.29, 0.717) is 6.61 Å². The SMILES string of the molecule is CC(C)(C)SC1=C(OCc2ccccc2)C=[C]NC1. The van der Waals surface area contributed by atoms with Crippen molar-refractivity contribution in [2.45, 2.75) is 32.1 Å². The molecule has 0 saturated heterocycles. The van der Waals surface area contributed by atoms with E-state index in [0.717, 1.165) is 12.3 Å². The van der Waals surface area contributed by atoms with Crippen molar-refractivity contribution in [3.63, 3.8) is 0 Å². The molecule has 1 aromatic rings. The van der Waals surface area contributed by atoms with Gasteiger partial charge in [-0.2, -0.15) is 0 Å². The standard InChI is InChI=1S/C16H20NOS/c1-16(2,3)19-15-11-17-10-9-14(15)18-12-13-7-5-4-6-8-13/h4-9,17H,11-12H2,1-3H3. The highest BCUT2D eigenvalue weighted by molar-refractivity contribution is 8.04.